The van der Waals surface area contributed by atoms with Crippen molar-refractivity contribution in [2.24, 2.45) is 0 Å². The van der Waals surface area contributed by atoms with Gasteiger partial charge in [0, 0.05) is 12.2 Å². The van der Waals surface area contributed by atoms with E-state index in [0.29, 0.717) is 6.61 Å². The second kappa shape index (κ2) is 9.32. The second-order valence-corrected chi connectivity index (χ2v) is 5.68. The predicted molar refractivity (Wildman–Crippen MR) is 83.8 cm³/mol. The summed E-state index contributed by atoms with van der Waals surface area (Å²) < 4.78 is 17.0. The van der Waals surface area contributed by atoms with Gasteiger partial charge in [0.25, 0.3) is 0 Å². The van der Waals surface area contributed by atoms with Gasteiger partial charge in [0.1, 0.15) is 24.4 Å². The molecule has 1 aromatic rings. The maximum Gasteiger partial charge on any atom is 0.184 e. The molecule has 0 radical (unpaired) electrons. The summed E-state index contributed by atoms with van der Waals surface area (Å²) in [4.78, 5) is 0. The van der Waals surface area contributed by atoms with Crippen molar-refractivity contribution in [3.8, 4) is 0 Å². The Morgan fingerprint density at radius 3 is 2.70 bits per heavy atom. The van der Waals surface area contributed by atoms with E-state index in [9.17, 15) is 15.3 Å². The van der Waals surface area contributed by atoms with Crippen molar-refractivity contribution >= 4 is 0 Å². The van der Waals surface area contributed by atoms with E-state index >= 15 is 0 Å². The van der Waals surface area contributed by atoms with E-state index in [4.69, 9.17) is 14.2 Å². The summed E-state index contributed by atoms with van der Waals surface area (Å²) in [6.07, 6.45) is -2.48. The van der Waals surface area contributed by atoms with Crippen molar-refractivity contribution in [3.05, 3.63) is 35.9 Å². The number of aliphatic hydroxyl groups excluding tert-OH is 3. The monoisotopic (exact) mass is 326 g/mol. The Morgan fingerprint density at radius 1 is 1.30 bits per heavy atom. The summed E-state index contributed by atoms with van der Waals surface area (Å²) >= 11 is 0. The number of hydrogen-bond donors (Lipinski definition) is 3. The predicted octanol–water partition coefficient (Wildman–Crippen LogP) is 1.000. The third-order valence-corrected chi connectivity index (χ3v) is 3.85. The first-order valence-electron chi connectivity index (χ1n) is 8.08. The first kappa shape index (κ1) is 18.3. The topological polar surface area (TPSA) is 88.4 Å². The number of rotatable bonds is 8. The maximum absolute atomic E-state index is 10.2. The highest BCUT2D eigenvalue weighted by Gasteiger charge is 2.40. The highest BCUT2D eigenvalue weighted by molar-refractivity contribution is 5.16. The summed E-state index contributed by atoms with van der Waals surface area (Å²) in [6.45, 7) is 2.09. The molecular weight excluding hydrogens is 300 g/mol. The van der Waals surface area contributed by atoms with Crippen LogP contribution in [0.2, 0.25) is 0 Å². The molecule has 1 aliphatic rings. The van der Waals surface area contributed by atoms with Crippen molar-refractivity contribution in [3.63, 3.8) is 0 Å². The van der Waals surface area contributed by atoms with Crippen LogP contribution in [0.3, 0.4) is 0 Å². The van der Waals surface area contributed by atoms with Gasteiger partial charge in [-0.25, -0.2) is 0 Å². The molecular formula is C17H26O6. The highest BCUT2D eigenvalue weighted by Crippen LogP contribution is 2.29. The molecule has 6 heteroatoms. The lowest BCUT2D eigenvalue weighted by atomic mass is 10.0. The smallest absolute Gasteiger partial charge is 0.184 e. The van der Waals surface area contributed by atoms with Crippen LogP contribution >= 0.6 is 0 Å². The molecule has 1 aliphatic heterocycles. The van der Waals surface area contributed by atoms with Crippen molar-refractivity contribution in [1.82, 2.24) is 0 Å². The number of benzene rings is 1. The minimum Gasteiger partial charge on any atom is -0.394 e. The van der Waals surface area contributed by atoms with Crippen LogP contribution < -0.4 is 0 Å². The Balaban J connectivity index is 2.08. The standard InChI is InChI=1S/C17H26O6/c1-2-3-9-21-15(13(19)10-18)16-14(20)11-22-17(23-16)12-7-5-4-6-8-12/h4-8,13-20H,2-3,9-11H2,1H3/t13-,14-,15-,16-,17?/m1/s1. The van der Waals surface area contributed by atoms with Gasteiger partial charge in [0.15, 0.2) is 6.29 Å². The molecule has 2 rings (SSSR count). The Kier molecular flexibility index (Phi) is 7.42. The number of ether oxygens (including phenoxy) is 3. The fraction of sp³-hybridized carbons (Fsp3) is 0.647. The molecule has 0 aliphatic carbocycles. The van der Waals surface area contributed by atoms with Gasteiger partial charge in [0.05, 0.1) is 13.2 Å². The van der Waals surface area contributed by atoms with Crippen LogP contribution in [0.5, 0.6) is 0 Å². The highest BCUT2D eigenvalue weighted by atomic mass is 16.7. The van der Waals surface area contributed by atoms with Gasteiger partial charge in [-0.05, 0) is 6.42 Å². The van der Waals surface area contributed by atoms with Crippen LogP contribution in [0, 0.1) is 0 Å². The SMILES string of the molecule is CCCCO[C@@H]([C@@H]1OC(c2ccccc2)OC[C@H]1O)[C@H](O)CO. The molecule has 1 saturated heterocycles. The first-order chi connectivity index (χ1) is 11.2. The molecule has 1 unspecified atom stereocenters. The van der Waals surface area contributed by atoms with E-state index in [1.165, 1.54) is 0 Å². The van der Waals surface area contributed by atoms with Gasteiger partial charge in [0.2, 0.25) is 0 Å². The number of unbranched alkanes of at least 4 members (excludes halogenated alkanes) is 1. The van der Waals surface area contributed by atoms with E-state index in [2.05, 4.69) is 0 Å². The summed E-state index contributed by atoms with van der Waals surface area (Å²) in [5, 5.41) is 29.5. The minimum atomic E-state index is -1.12. The molecule has 130 valence electrons. The molecule has 1 fully saturated rings. The maximum atomic E-state index is 10.2. The lowest BCUT2D eigenvalue weighted by molar-refractivity contribution is -0.289. The van der Waals surface area contributed by atoms with E-state index < -0.39 is 37.3 Å². The van der Waals surface area contributed by atoms with Crippen molar-refractivity contribution < 1.29 is 29.5 Å². The van der Waals surface area contributed by atoms with Gasteiger partial charge in [-0.2, -0.15) is 0 Å². The third kappa shape index (κ3) is 4.97. The Bertz CT molecular complexity index is 440. The van der Waals surface area contributed by atoms with Gasteiger partial charge in [-0.15, -0.1) is 0 Å². The van der Waals surface area contributed by atoms with Crippen LogP contribution in [0.25, 0.3) is 0 Å². The lowest BCUT2D eigenvalue weighted by Gasteiger charge is -2.39. The Hall–Kier alpha value is -1.02. The fourth-order valence-corrected chi connectivity index (χ4v) is 2.53. The molecule has 3 N–H and O–H groups in total. The van der Waals surface area contributed by atoms with Crippen molar-refractivity contribution in [1.29, 1.82) is 0 Å². The van der Waals surface area contributed by atoms with Crippen molar-refractivity contribution in [2.45, 2.75) is 50.5 Å². The third-order valence-electron chi connectivity index (χ3n) is 3.85. The molecule has 6 nitrogen and oxygen atoms in total. The molecule has 0 bridgehead atoms. The van der Waals surface area contributed by atoms with Crippen LogP contribution in [0.4, 0.5) is 0 Å². The van der Waals surface area contributed by atoms with E-state index in [1.54, 1.807) is 0 Å². The van der Waals surface area contributed by atoms with Gasteiger partial charge >= 0.3 is 0 Å². The van der Waals surface area contributed by atoms with Crippen LogP contribution in [-0.2, 0) is 14.2 Å². The van der Waals surface area contributed by atoms with E-state index in [1.807, 2.05) is 37.3 Å². The van der Waals surface area contributed by atoms with Gasteiger partial charge in [-0.1, -0.05) is 43.7 Å². The summed E-state index contributed by atoms with van der Waals surface area (Å²) in [5.41, 5.74) is 0.829. The fourth-order valence-electron chi connectivity index (χ4n) is 2.53. The van der Waals surface area contributed by atoms with Crippen LogP contribution in [0.1, 0.15) is 31.6 Å². The second-order valence-electron chi connectivity index (χ2n) is 5.68. The summed E-state index contributed by atoms with van der Waals surface area (Å²) in [5.74, 6) is 0. The lowest BCUT2D eigenvalue weighted by Crippen LogP contribution is -2.53. The largest absolute Gasteiger partial charge is 0.394 e. The molecule has 0 amide bonds. The molecule has 23 heavy (non-hydrogen) atoms. The van der Waals surface area contributed by atoms with Gasteiger partial charge in [-0.3, -0.25) is 0 Å². The van der Waals surface area contributed by atoms with E-state index in [0.717, 1.165) is 18.4 Å². The zero-order chi connectivity index (χ0) is 16.7. The molecule has 1 heterocycles. The van der Waals surface area contributed by atoms with Crippen LogP contribution in [0.15, 0.2) is 30.3 Å². The quantitative estimate of drug-likeness (QED) is 0.618. The molecule has 0 aromatic heterocycles. The minimum absolute atomic E-state index is 0.0794. The molecule has 0 spiro atoms. The summed E-state index contributed by atoms with van der Waals surface area (Å²) in [7, 11) is 0. The number of aliphatic hydroxyl groups is 3. The molecule has 0 saturated carbocycles. The average Bonchev–Trinajstić information content (AvgIpc) is 2.60. The van der Waals surface area contributed by atoms with Crippen molar-refractivity contribution in [2.75, 3.05) is 19.8 Å². The zero-order valence-corrected chi connectivity index (χ0v) is 13.4. The molecule has 1 aromatic carbocycles. The molecule has 5 atom stereocenters. The Labute approximate surface area is 136 Å². The Morgan fingerprint density at radius 2 is 2.04 bits per heavy atom. The van der Waals surface area contributed by atoms with Crippen LogP contribution in [-0.4, -0.2) is 59.6 Å². The average molecular weight is 326 g/mol. The number of hydrogen-bond acceptors (Lipinski definition) is 6. The summed E-state index contributed by atoms with van der Waals surface area (Å²) in [6, 6.07) is 9.38. The zero-order valence-electron chi connectivity index (χ0n) is 13.4. The first-order valence-corrected chi connectivity index (χ1v) is 8.08. The van der Waals surface area contributed by atoms with E-state index in [-0.39, 0.29) is 6.61 Å². The normalized spacial score (nSPS) is 27.6. The van der Waals surface area contributed by atoms with Gasteiger partial charge < -0.3 is 29.5 Å².